The third kappa shape index (κ3) is 5.04. The van der Waals surface area contributed by atoms with E-state index in [1.807, 2.05) is 0 Å². The Morgan fingerprint density at radius 1 is 1.23 bits per heavy atom. The number of aliphatic hydroxyl groups excluding tert-OH is 2. The molecule has 0 spiro atoms. The average Bonchev–Trinajstić information content (AvgIpc) is 2.56. The summed E-state index contributed by atoms with van der Waals surface area (Å²) in [6, 6.07) is 0.217. The fourth-order valence-electron chi connectivity index (χ4n) is 1.89. The Morgan fingerprint density at radius 2 is 1.85 bits per heavy atom. The van der Waals surface area contributed by atoms with E-state index in [1.165, 1.54) is 6.92 Å². The minimum absolute atomic E-state index is 0.0991. The van der Waals surface area contributed by atoms with Crippen LogP contribution in [0.15, 0.2) is 16.6 Å². The maximum Gasteiger partial charge on any atom is 0.343 e. The van der Waals surface area contributed by atoms with Crippen molar-refractivity contribution in [2.24, 2.45) is 4.99 Å². The summed E-state index contributed by atoms with van der Waals surface area (Å²) in [7, 11) is 0. The van der Waals surface area contributed by atoms with E-state index in [0.717, 1.165) is 6.21 Å². The quantitative estimate of drug-likeness (QED) is 0.145. The highest BCUT2D eigenvalue weighted by Crippen LogP contribution is 2.26. The number of benzene rings is 1. The smallest absolute Gasteiger partial charge is 0.343 e. The highest BCUT2D eigenvalue weighted by Gasteiger charge is 2.25. The molecule has 0 fully saturated rings. The predicted molar refractivity (Wildman–Crippen MR) is 86.7 cm³/mol. The van der Waals surface area contributed by atoms with Crippen LogP contribution in [0, 0.1) is 23.3 Å². The third-order valence-electron chi connectivity index (χ3n) is 3.37. The van der Waals surface area contributed by atoms with Crippen molar-refractivity contribution < 1.29 is 37.3 Å². The lowest BCUT2D eigenvalue weighted by Gasteiger charge is -2.18. The molecule has 144 valence electrons. The molecule has 0 amide bonds. The van der Waals surface area contributed by atoms with E-state index in [2.05, 4.69) is 4.99 Å². The second kappa shape index (κ2) is 8.79. The van der Waals surface area contributed by atoms with Crippen LogP contribution in [0.2, 0.25) is 0 Å². The number of rotatable bonds is 7. The molecule has 0 saturated carbocycles. The zero-order valence-corrected chi connectivity index (χ0v) is 14.4. The lowest BCUT2D eigenvalue weighted by molar-refractivity contribution is -0.137. The molecular weight excluding hydrogens is 358 g/mol. The van der Waals surface area contributed by atoms with E-state index < -0.39 is 51.7 Å². The maximum absolute atomic E-state index is 13.9. The van der Waals surface area contributed by atoms with Crippen molar-refractivity contribution in [1.82, 2.24) is 0 Å². The van der Waals surface area contributed by atoms with Gasteiger partial charge in [-0.3, -0.25) is 4.99 Å². The number of nitrogens with zero attached hydrogens (tertiary/aromatic N) is 1. The van der Waals surface area contributed by atoms with Crippen LogP contribution in [0.5, 0.6) is 0 Å². The molecule has 0 aliphatic carbocycles. The number of esters is 1. The van der Waals surface area contributed by atoms with Gasteiger partial charge in [0.05, 0.1) is 17.7 Å². The molecule has 0 atom stereocenters. The summed E-state index contributed by atoms with van der Waals surface area (Å²) in [6.07, 6.45) is 1.05. The first-order valence-corrected chi connectivity index (χ1v) is 7.65. The summed E-state index contributed by atoms with van der Waals surface area (Å²) in [5.74, 6) is -10.1. The first kappa shape index (κ1) is 21.6. The van der Waals surface area contributed by atoms with Gasteiger partial charge in [0.2, 0.25) is 0 Å². The minimum atomic E-state index is -2.13. The van der Waals surface area contributed by atoms with Crippen molar-refractivity contribution in [3.63, 3.8) is 0 Å². The highest BCUT2D eigenvalue weighted by molar-refractivity contribution is 6.15. The molecule has 0 heterocycles. The normalized spacial score (nSPS) is 13.1. The van der Waals surface area contributed by atoms with Gasteiger partial charge < -0.3 is 14.9 Å². The first-order chi connectivity index (χ1) is 12.1. The van der Waals surface area contributed by atoms with E-state index in [0.29, 0.717) is 0 Å². The molecule has 0 unspecified atom stereocenters. The number of carbonyl (C=O) groups excluding carboxylic acids is 1. The Hall–Kier alpha value is -2.42. The van der Waals surface area contributed by atoms with E-state index in [1.54, 1.807) is 13.8 Å². The number of carbonyl (C=O) groups is 1. The van der Waals surface area contributed by atoms with Gasteiger partial charge in [-0.25, -0.2) is 22.4 Å². The van der Waals surface area contributed by atoms with Crippen LogP contribution >= 0.6 is 0 Å². The number of aliphatic hydroxyl groups is 2. The largest absolute Gasteiger partial charge is 0.506 e. The summed E-state index contributed by atoms with van der Waals surface area (Å²) in [5.41, 5.74) is -2.59. The molecule has 26 heavy (non-hydrogen) atoms. The molecule has 0 radical (unpaired) electrons. The van der Waals surface area contributed by atoms with Gasteiger partial charge in [0, 0.05) is 12.8 Å². The number of aliphatic imine (C=N–C) groups is 1. The molecule has 1 aromatic rings. The topological polar surface area (TPSA) is 79.1 Å². The van der Waals surface area contributed by atoms with Crippen LogP contribution in [-0.2, 0) is 9.53 Å². The van der Waals surface area contributed by atoms with Gasteiger partial charge in [0.15, 0.2) is 23.3 Å². The van der Waals surface area contributed by atoms with Crippen molar-refractivity contribution in [3.8, 4) is 0 Å². The SMILES string of the molecule is CCOC(=O)/C(C=NC(C)(C)CCO)=C(/O)c1cc(F)c(F)c(F)c1F. The van der Waals surface area contributed by atoms with E-state index >= 15 is 0 Å². The van der Waals surface area contributed by atoms with Crippen molar-refractivity contribution >= 4 is 17.9 Å². The molecular formula is C17H19F4NO4. The van der Waals surface area contributed by atoms with Crippen molar-refractivity contribution in [1.29, 1.82) is 0 Å². The van der Waals surface area contributed by atoms with Crippen molar-refractivity contribution in [2.75, 3.05) is 13.2 Å². The molecule has 1 aromatic carbocycles. The maximum atomic E-state index is 13.9. The van der Waals surface area contributed by atoms with E-state index in [9.17, 15) is 27.5 Å². The van der Waals surface area contributed by atoms with Gasteiger partial charge in [-0.05, 0) is 33.3 Å². The fourth-order valence-corrected chi connectivity index (χ4v) is 1.89. The van der Waals surface area contributed by atoms with Crippen LogP contribution in [-0.4, -0.2) is 41.1 Å². The Kier molecular flexibility index (Phi) is 7.31. The van der Waals surface area contributed by atoms with Gasteiger partial charge in [-0.2, -0.15) is 0 Å². The molecule has 0 aromatic heterocycles. The Bertz CT molecular complexity index is 745. The second-order valence-corrected chi connectivity index (χ2v) is 5.87. The Labute approximate surface area is 147 Å². The number of ether oxygens (including phenoxy) is 1. The standard InChI is InChI=1S/C17H19F4NO4/c1-4-26-16(25)10(8-22-17(2,3)5-6-23)15(24)9-7-11(18)13(20)14(21)12(9)19/h7-8,23-24H,4-6H2,1-3H3/b15-10+,22-8?. The molecule has 0 aliphatic rings. The first-order valence-electron chi connectivity index (χ1n) is 7.65. The van der Waals surface area contributed by atoms with E-state index in [-0.39, 0.29) is 25.7 Å². The Morgan fingerprint density at radius 3 is 2.38 bits per heavy atom. The van der Waals surface area contributed by atoms with Crippen molar-refractivity contribution in [3.05, 3.63) is 40.5 Å². The molecule has 9 heteroatoms. The van der Waals surface area contributed by atoms with Gasteiger partial charge in [-0.1, -0.05) is 0 Å². The van der Waals surface area contributed by atoms with Crippen LogP contribution in [0.3, 0.4) is 0 Å². The fraction of sp³-hybridized carbons (Fsp3) is 0.412. The summed E-state index contributed by atoms with van der Waals surface area (Å²) in [4.78, 5) is 16.0. The van der Waals surface area contributed by atoms with Crippen LogP contribution in [0.1, 0.15) is 32.8 Å². The molecule has 5 nitrogen and oxygen atoms in total. The van der Waals surface area contributed by atoms with Gasteiger partial charge in [0.25, 0.3) is 0 Å². The number of hydrogen-bond donors (Lipinski definition) is 2. The molecule has 0 aliphatic heterocycles. The van der Waals surface area contributed by atoms with Gasteiger partial charge in [-0.15, -0.1) is 0 Å². The van der Waals surface area contributed by atoms with Crippen molar-refractivity contribution in [2.45, 2.75) is 32.7 Å². The number of halogens is 4. The molecule has 0 saturated heterocycles. The highest BCUT2D eigenvalue weighted by atomic mass is 19.2. The Balaban J connectivity index is 3.54. The second-order valence-electron chi connectivity index (χ2n) is 5.87. The third-order valence-corrected chi connectivity index (χ3v) is 3.37. The van der Waals surface area contributed by atoms with Crippen LogP contribution in [0.25, 0.3) is 5.76 Å². The predicted octanol–water partition coefficient (Wildman–Crippen LogP) is 3.31. The lowest BCUT2D eigenvalue weighted by atomic mass is 10.0. The van der Waals surface area contributed by atoms with E-state index in [4.69, 9.17) is 9.84 Å². The lowest BCUT2D eigenvalue weighted by Crippen LogP contribution is -2.20. The monoisotopic (exact) mass is 377 g/mol. The molecule has 0 bridgehead atoms. The summed E-state index contributed by atoms with van der Waals surface area (Å²) >= 11 is 0. The zero-order chi connectivity index (χ0) is 20.1. The van der Waals surface area contributed by atoms with Crippen LogP contribution in [0.4, 0.5) is 17.6 Å². The van der Waals surface area contributed by atoms with Gasteiger partial charge >= 0.3 is 5.97 Å². The average molecular weight is 377 g/mol. The molecule has 2 N–H and O–H groups in total. The van der Waals surface area contributed by atoms with Gasteiger partial charge in [0.1, 0.15) is 11.3 Å². The van der Waals surface area contributed by atoms with Crippen LogP contribution < -0.4 is 0 Å². The molecule has 1 rings (SSSR count). The summed E-state index contributed by atoms with van der Waals surface area (Å²) < 4.78 is 58.5. The zero-order valence-electron chi connectivity index (χ0n) is 14.4. The summed E-state index contributed by atoms with van der Waals surface area (Å²) in [6.45, 7) is 4.38. The number of hydrogen-bond acceptors (Lipinski definition) is 5. The summed E-state index contributed by atoms with van der Waals surface area (Å²) in [5, 5.41) is 19.1. The minimum Gasteiger partial charge on any atom is -0.506 e.